The topological polar surface area (TPSA) is 72.2 Å². The molecule has 0 aliphatic heterocycles. The lowest BCUT2D eigenvalue weighted by atomic mass is 9.84. The third-order valence-corrected chi connectivity index (χ3v) is 7.09. The standard InChI is InChI=1S/C10H20N2O2S3/c1-3-8(9(11)15)17(13,14)12-7-10(16-2)5-4-6-10/h8,12H,3-7H2,1-2H3,(H2,11,15). The average Bonchev–Trinajstić information content (AvgIpc) is 2.16. The molecule has 0 heterocycles. The van der Waals surface area contributed by atoms with Gasteiger partial charge in [0.05, 0.1) is 4.99 Å². The Morgan fingerprint density at radius 1 is 1.59 bits per heavy atom. The van der Waals surface area contributed by atoms with Crippen molar-refractivity contribution in [2.75, 3.05) is 12.8 Å². The summed E-state index contributed by atoms with van der Waals surface area (Å²) in [5.74, 6) is 0. The van der Waals surface area contributed by atoms with Crippen LogP contribution in [-0.4, -0.2) is 36.2 Å². The SMILES string of the molecule is CCC(C(N)=S)S(=O)(=O)NCC1(SC)CCC1. The molecular formula is C10H20N2O2S3. The minimum Gasteiger partial charge on any atom is -0.392 e. The number of thiocarbonyl (C=S) groups is 1. The molecular weight excluding hydrogens is 276 g/mol. The Labute approximate surface area is 113 Å². The van der Waals surface area contributed by atoms with E-state index in [9.17, 15) is 8.42 Å². The van der Waals surface area contributed by atoms with Gasteiger partial charge in [-0.25, -0.2) is 13.1 Å². The lowest BCUT2D eigenvalue weighted by Gasteiger charge is -2.40. The highest BCUT2D eigenvalue weighted by molar-refractivity contribution is 8.00. The highest BCUT2D eigenvalue weighted by atomic mass is 32.2. The van der Waals surface area contributed by atoms with E-state index in [4.69, 9.17) is 18.0 Å². The van der Waals surface area contributed by atoms with E-state index in [1.54, 1.807) is 18.7 Å². The molecule has 0 amide bonds. The number of thioether (sulfide) groups is 1. The Kier molecular flexibility index (Phi) is 5.24. The fraction of sp³-hybridized carbons (Fsp3) is 0.900. The van der Waals surface area contributed by atoms with Crippen molar-refractivity contribution in [1.29, 1.82) is 0 Å². The van der Waals surface area contributed by atoms with Gasteiger partial charge in [-0.2, -0.15) is 11.8 Å². The van der Waals surface area contributed by atoms with Gasteiger partial charge in [0.15, 0.2) is 0 Å². The molecule has 0 aromatic heterocycles. The fourth-order valence-corrected chi connectivity index (χ4v) is 4.91. The van der Waals surface area contributed by atoms with E-state index in [2.05, 4.69) is 4.72 Å². The van der Waals surface area contributed by atoms with Gasteiger partial charge in [0.25, 0.3) is 0 Å². The number of sulfonamides is 1. The van der Waals surface area contributed by atoms with Crippen molar-refractivity contribution in [1.82, 2.24) is 4.72 Å². The highest BCUT2D eigenvalue weighted by Gasteiger charge is 2.38. The third kappa shape index (κ3) is 3.56. The van der Waals surface area contributed by atoms with Crippen LogP contribution in [-0.2, 0) is 10.0 Å². The predicted molar refractivity (Wildman–Crippen MR) is 77.9 cm³/mol. The number of hydrogen-bond acceptors (Lipinski definition) is 4. The molecule has 0 spiro atoms. The summed E-state index contributed by atoms with van der Waals surface area (Å²) in [6.45, 7) is 2.26. The number of nitrogens with two attached hydrogens (primary N) is 1. The number of nitrogens with one attached hydrogen (secondary N) is 1. The maximum Gasteiger partial charge on any atom is 0.221 e. The highest BCUT2D eigenvalue weighted by Crippen LogP contribution is 2.42. The van der Waals surface area contributed by atoms with Crippen LogP contribution < -0.4 is 10.5 Å². The maximum atomic E-state index is 12.0. The van der Waals surface area contributed by atoms with Crippen LogP contribution in [0.5, 0.6) is 0 Å². The van der Waals surface area contributed by atoms with E-state index >= 15 is 0 Å². The van der Waals surface area contributed by atoms with Crippen LogP contribution in [0.15, 0.2) is 0 Å². The average molecular weight is 296 g/mol. The van der Waals surface area contributed by atoms with Crippen molar-refractivity contribution in [3.63, 3.8) is 0 Å². The summed E-state index contributed by atoms with van der Waals surface area (Å²) in [6.07, 6.45) is 5.76. The van der Waals surface area contributed by atoms with Crippen LogP contribution in [0.25, 0.3) is 0 Å². The summed E-state index contributed by atoms with van der Waals surface area (Å²) >= 11 is 6.53. The largest absolute Gasteiger partial charge is 0.392 e. The monoisotopic (exact) mass is 296 g/mol. The van der Waals surface area contributed by atoms with E-state index in [1.165, 1.54) is 6.42 Å². The molecule has 1 saturated carbocycles. The summed E-state index contributed by atoms with van der Waals surface area (Å²) in [5, 5.41) is -0.753. The quantitative estimate of drug-likeness (QED) is 0.692. The van der Waals surface area contributed by atoms with E-state index in [1.807, 2.05) is 6.26 Å². The first-order chi connectivity index (χ1) is 7.87. The van der Waals surface area contributed by atoms with Gasteiger partial charge in [-0.15, -0.1) is 0 Å². The molecule has 17 heavy (non-hydrogen) atoms. The molecule has 0 aromatic rings. The number of hydrogen-bond donors (Lipinski definition) is 2. The Balaban J connectivity index is 2.63. The Hall–Kier alpha value is 0.150. The van der Waals surface area contributed by atoms with Crippen molar-refractivity contribution in [3.8, 4) is 0 Å². The molecule has 0 saturated heterocycles. The molecule has 100 valence electrons. The lowest BCUT2D eigenvalue weighted by molar-refractivity contribution is 0.361. The normalized spacial score (nSPS) is 20.6. The lowest BCUT2D eigenvalue weighted by Crippen LogP contribution is -2.49. The summed E-state index contributed by atoms with van der Waals surface area (Å²) in [7, 11) is -3.42. The zero-order valence-corrected chi connectivity index (χ0v) is 12.7. The van der Waals surface area contributed by atoms with Crippen molar-refractivity contribution in [3.05, 3.63) is 0 Å². The molecule has 3 N–H and O–H groups in total. The van der Waals surface area contributed by atoms with E-state index in [0.717, 1.165) is 12.8 Å². The first-order valence-corrected chi connectivity index (χ1v) is 8.88. The minimum absolute atomic E-state index is 0.0480. The predicted octanol–water partition coefficient (Wildman–Crippen LogP) is 1.26. The zero-order chi connectivity index (χ0) is 13.1. The molecule has 1 aliphatic carbocycles. The summed E-state index contributed by atoms with van der Waals surface area (Å²) < 4.78 is 26.8. The second-order valence-corrected chi connectivity index (χ2v) is 8.10. The Morgan fingerprint density at radius 2 is 2.18 bits per heavy atom. The van der Waals surface area contributed by atoms with Crippen LogP contribution in [0.1, 0.15) is 32.6 Å². The Bertz CT molecular complexity index is 372. The van der Waals surface area contributed by atoms with E-state index in [-0.39, 0.29) is 9.74 Å². The molecule has 1 aliphatic rings. The maximum absolute atomic E-state index is 12.0. The molecule has 0 aromatic carbocycles. The van der Waals surface area contributed by atoms with E-state index in [0.29, 0.717) is 13.0 Å². The van der Waals surface area contributed by atoms with Crippen molar-refractivity contribution in [2.45, 2.75) is 42.6 Å². The molecule has 1 fully saturated rings. The summed E-state index contributed by atoms with van der Waals surface area (Å²) in [4.78, 5) is 0.0480. The molecule has 7 heteroatoms. The second-order valence-electron chi connectivity index (χ2n) is 4.41. The van der Waals surface area contributed by atoms with Crippen molar-refractivity contribution < 1.29 is 8.42 Å². The first-order valence-electron chi connectivity index (χ1n) is 5.70. The van der Waals surface area contributed by atoms with Gasteiger partial charge in [0.1, 0.15) is 5.25 Å². The molecule has 1 unspecified atom stereocenters. The second kappa shape index (κ2) is 5.86. The molecule has 0 radical (unpaired) electrons. The van der Waals surface area contributed by atoms with Gasteiger partial charge < -0.3 is 5.73 Å². The van der Waals surface area contributed by atoms with Crippen LogP contribution in [0, 0.1) is 0 Å². The molecule has 1 atom stereocenters. The van der Waals surface area contributed by atoms with Crippen molar-refractivity contribution >= 4 is 39.0 Å². The molecule has 1 rings (SSSR count). The van der Waals surface area contributed by atoms with Crippen molar-refractivity contribution in [2.24, 2.45) is 5.73 Å². The Morgan fingerprint density at radius 3 is 2.47 bits per heavy atom. The van der Waals surface area contributed by atoms with Gasteiger partial charge in [0.2, 0.25) is 10.0 Å². The summed E-state index contributed by atoms with van der Waals surface area (Å²) in [5.41, 5.74) is 5.46. The third-order valence-electron chi connectivity index (χ3n) is 3.36. The minimum atomic E-state index is -3.42. The zero-order valence-electron chi connectivity index (χ0n) is 10.2. The van der Waals surface area contributed by atoms with Crippen LogP contribution in [0.3, 0.4) is 0 Å². The van der Waals surface area contributed by atoms with Crippen LogP contribution in [0.2, 0.25) is 0 Å². The molecule has 0 bridgehead atoms. The molecule has 4 nitrogen and oxygen atoms in total. The fourth-order valence-electron chi connectivity index (χ4n) is 1.93. The van der Waals surface area contributed by atoms with Gasteiger partial charge in [-0.3, -0.25) is 0 Å². The first kappa shape index (κ1) is 15.2. The smallest absolute Gasteiger partial charge is 0.221 e. The van der Waals surface area contributed by atoms with Crippen LogP contribution >= 0.6 is 24.0 Å². The van der Waals surface area contributed by atoms with Gasteiger partial charge >= 0.3 is 0 Å². The summed E-state index contributed by atoms with van der Waals surface area (Å²) in [6, 6.07) is 0. The van der Waals surface area contributed by atoms with Gasteiger partial charge in [0, 0.05) is 11.3 Å². The van der Waals surface area contributed by atoms with E-state index < -0.39 is 15.3 Å². The van der Waals surface area contributed by atoms with Crippen LogP contribution in [0.4, 0.5) is 0 Å². The van der Waals surface area contributed by atoms with Gasteiger partial charge in [-0.1, -0.05) is 25.6 Å². The van der Waals surface area contributed by atoms with Gasteiger partial charge in [-0.05, 0) is 25.5 Å². The number of rotatable bonds is 7.